The van der Waals surface area contributed by atoms with Crippen molar-refractivity contribution in [2.75, 3.05) is 0 Å². The molecule has 1 heterocycles. The van der Waals surface area contributed by atoms with Crippen molar-refractivity contribution in [3.05, 3.63) is 24.2 Å². The van der Waals surface area contributed by atoms with Gasteiger partial charge in [0.2, 0.25) is 0 Å². The van der Waals surface area contributed by atoms with E-state index in [0.29, 0.717) is 18.3 Å². The van der Waals surface area contributed by atoms with Gasteiger partial charge in [0.25, 0.3) is 0 Å². The first-order valence-electron chi connectivity index (χ1n) is 5.44. The van der Waals surface area contributed by atoms with Crippen LogP contribution in [0.3, 0.4) is 0 Å². The summed E-state index contributed by atoms with van der Waals surface area (Å²) < 4.78 is 4.99. The number of hydrogen-bond donors (Lipinski definition) is 1. The van der Waals surface area contributed by atoms with Gasteiger partial charge in [0.05, 0.1) is 17.9 Å². The molecule has 0 spiro atoms. The van der Waals surface area contributed by atoms with Crippen molar-refractivity contribution < 1.29 is 14.3 Å². The SMILES string of the molecule is O=C(O)C1(Cc2ccoc2)CC2CC2C1. The molecule has 1 aromatic heterocycles. The van der Waals surface area contributed by atoms with Crippen LogP contribution in [0.15, 0.2) is 23.0 Å². The Kier molecular flexibility index (Phi) is 1.73. The van der Waals surface area contributed by atoms with Gasteiger partial charge in [-0.1, -0.05) is 0 Å². The van der Waals surface area contributed by atoms with E-state index >= 15 is 0 Å². The van der Waals surface area contributed by atoms with E-state index in [4.69, 9.17) is 4.42 Å². The molecule has 0 saturated heterocycles. The molecule has 0 radical (unpaired) electrons. The molecule has 0 amide bonds. The maximum Gasteiger partial charge on any atom is 0.309 e. The minimum absolute atomic E-state index is 0.503. The summed E-state index contributed by atoms with van der Waals surface area (Å²) in [6.07, 6.45) is 6.87. The predicted molar refractivity (Wildman–Crippen MR) is 53.3 cm³/mol. The molecule has 0 aromatic carbocycles. The lowest BCUT2D eigenvalue weighted by molar-refractivity contribution is -0.149. The van der Waals surface area contributed by atoms with E-state index in [9.17, 15) is 9.90 Å². The molecule has 2 fully saturated rings. The lowest BCUT2D eigenvalue weighted by atomic mass is 9.78. The van der Waals surface area contributed by atoms with Crippen LogP contribution in [0, 0.1) is 17.3 Å². The van der Waals surface area contributed by atoms with Gasteiger partial charge in [0, 0.05) is 0 Å². The number of hydrogen-bond acceptors (Lipinski definition) is 2. The molecule has 2 aliphatic rings. The maximum absolute atomic E-state index is 11.4. The summed E-state index contributed by atoms with van der Waals surface area (Å²) in [5, 5.41) is 9.37. The molecule has 2 atom stereocenters. The highest BCUT2D eigenvalue weighted by Crippen LogP contribution is 2.60. The molecular weight excluding hydrogens is 192 g/mol. The molecule has 3 nitrogen and oxygen atoms in total. The van der Waals surface area contributed by atoms with E-state index in [0.717, 1.165) is 18.4 Å². The summed E-state index contributed by atoms with van der Waals surface area (Å²) in [6.45, 7) is 0. The zero-order valence-electron chi connectivity index (χ0n) is 8.48. The zero-order chi connectivity index (χ0) is 10.5. The fourth-order valence-corrected chi connectivity index (χ4v) is 3.08. The first-order chi connectivity index (χ1) is 7.20. The Bertz CT molecular complexity index is 370. The Morgan fingerprint density at radius 1 is 1.53 bits per heavy atom. The summed E-state index contributed by atoms with van der Waals surface area (Å²) in [6, 6.07) is 1.87. The third-order valence-corrected chi connectivity index (χ3v) is 3.95. The molecule has 80 valence electrons. The van der Waals surface area contributed by atoms with E-state index in [-0.39, 0.29) is 0 Å². The number of aliphatic carboxylic acids is 1. The number of fused-ring (bicyclic) bond motifs is 1. The maximum atomic E-state index is 11.4. The van der Waals surface area contributed by atoms with Gasteiger partial charge in [-0.05, 0) is 49.1 Å². The minimum Gasteiger partial charge on any atom is -0.481 e. The van der Waals surface area contributed by atoms with Crippen LogP contribution in [-0.4, -0.2) is 11.1 Å². The van der Waals surface area contributed by atoms with Crippen LogP contribution in [0.5, 0.6) is 0 Å². The van der Waals surface area contributed by atoms with E-state index in [1.807, 2.05) is 6.07 Å². The van der Waals surface area contributed by atoms with Gasteiger partial charge in [-0.25, -0.2) is 0 Å². The predicted octanol–water partition coefficient (Wildman–Crippen LogP) is 2.32. The van der Waals surface area contributed by atoms with Crippen molar-refractivity contribution in [2.45, 2.75) is 25.7 Å². The Morgan fingerprint density at radius 2 is 2.27 bits per heavy atom. The Morgan fingerprint density at radius 3 is 2.80 bits per heavy atom. The third-order valence-electron chi connectivity index (χ3n) is 3.95. The zero-order valence-corrected chi connectivity index (χ0v) is 8.48. The summed E-state index contributed by atoms with van der Waals surface area (Å²) >= 11 is 0. The highest BCUT2D eigenvalue weighted by molar-refractivity contribution is 5.76. The van der Waals surface area contributed by atoms with Gasteiger partial charge in [-0.15, -0.1) is 0 Å². The monoisotopic (exact) mass is 206 g/mol. The first-order valence-corrected chi connectivity index (χ1v) is 5.44. The minimum atomic E-state index is -0.629. The van der Waals surface area contributed by atoms with Gasteiger partial charge >= 0.3 is 5.97 Å². The van der Waals surface area contributed by atoms with Gasteiger partial charge < -0.3 is 9.52 Å². The highest BCUT2D eigenvalue weighted by atomic mass is 16.4. The molecular formula is C12H14O3. The van der Waals surface area contributed by atoms with Gasteiger partial charge in [-0.3, -0.25) is 4.79 Å². The van der Waals surface area contributed by atoms with Gasteiger partial charge in [-0.2, -0.15) is 0 Å². The van der Waals surface area contributed by atoms with Crippen LogP contribution in [0.25, 0.3) is 0 Å². The van der Waals surface area contributed by atoms with Crippen molar-refractivity contribution in [3.63, 3.8) is 0 Å². The molecule has 15 heavy (non-hydrogen) atoms. The van der Waals surface area contributed by atoms with E-state index in [1.54, 1.807) is 12.5 Å². The van der Waals surface area contributed by atoms with Gasteiger partial charge in [0.1, 0.15) is 0 Å². The van der Waals surface area contributed by atoms with Crippen LogP contribution in [0.4, 0.5) is 0 Å². The number of carboxylic acid groups (broad SMARTS) is 1. The Balaban J connectivity index is 1.82. The number of rotatable bonds is 3. The standard InChI is InChI=1S/C12H14O3/c13-11(14)12(4-8-1-2-15-7-8)5-9-3-10(9)6-12/h1-2,7,9-10H,3-6H2,(H,13,14). The summed E-state index contributed by atoms with van der Waals surface area (Å²) in [4.78, 5) is 11.4. The fraction of sp³-hybridized carbons (Fsp3) is 0.583. The van der Waals surface area contributed by atoms with Crippen LogP contribution in [0.2, 0.25) is 0 Å². The van der Waals surface area contributed by atoms with E-state index in [2.05, 4.69) is 0 Å². The van der Waals surface area contributed by atoms with Crippen LogP contribution < -0.4 is 0 Å². The van der Waals surface area contributed by atoms with Crippen molar-refractivity contribution in [3.8, 4) is 0 Å². The van der Waals surface area contributed by atoms with Crippen molar-refractivity contribution >= 4 is 5.97 Å². The number of carbonyl (C=O) groups is 1. The Hall–Kier alpha value is -1.25. The second-order valence-electron chi connectivity index (χ2n) is 5.06. The smallest absolute Gasteiger partial charge is 0.309 e. The van der Waals surface area contributed by atoms with Crippen LogP contribution in [0.1, 0.15) is 24.8 Å². The quantitative estimate of drug-likeness (QED) is 0.825. The average Bonchev–Trinajstić information content (AvgIpc) is 2.68. The highest BCUT2D eigenvalue weighted by Gasteiger charge is 2.57. The van der Waals surface area contributed by atoms with Crippen molar-refractivity contribution in [1.82, 2.24) is 0 Å². The summed E-state index contributed by atoms with van der Waals surface area (Å²) in [7, 11) is 0. The van der Waals surface area contributed by atoms with E-state index in [1.165, 1.54) is 6.42 Å². The van der Waals surface area contributed by atoms with Gasteiger partial charge in [0.15, 0.2) is 0 Å². The van der Waals surface area contributed by atoms with Crippen LogP contribution in [-0.2, 0) is 11.2 Å². The molecule has 0 aliphatic heterocycles. The molecule has 1 aromatic rings. The topological polar surface area (TPSA) is 50.4 Å². The second kappa shape index (κ2) is 2.87. The molecule has 2 unspecified atom stereocenters. The molecule has 1 N–H and O–H groups in total. The summed E-state index contributed by atoms with van der Waals surface area (Å²) in [5.41, 5.74) is 0.510. The second-order valence-corrected chi connectivity index (χ2v) is 5.06. The largest absolute Gasteiger partial charge is 0.481 e. The molecule has 2 aliphatic carbocycles. The molecule has 0 bridgehead atoms. The first kappa shape index (κ1) is 9.01. The molecule has 3 heteroatoms. The fourth-order valence-electron chi connectivity index (χ4n) is 3.08. The summed E-state index contributed by atoms with van der Waals surface area (Å²) in [5.74, 6) is 0.747. The van der Waals surface area contributed by atoms with Crippen molar-refractivity contribution in [1.29, 1.82) is 0 Å². The average molecular weight is 206 g/mol. The van der Waals surface area contributed by atoms with E-state index < -0.39 is 11.4 Å². The Labute approximate surface area is 88.1 Å². The van der Waals surface area contributed by atoms with Crippen LogP contribution >= 0.6 is 0 Å². The lowest BCUT2D eigenvalue weighted by Crippen LogP contribution is -2.31. The number of carboxylic acids is 1. The lowest BCUT2D eigenvalue weighted by Gasteiger charge is -2.25. The third kappa shape index (κ3) is 1.37. The normalized spacial score (nSPS) is 37.6. The molecule has 2 saturated carbocycles. The number of furan rings is 1. The molecule has 3 rings (SSSR count). The van der Waals surface area contributed by atoms with Crippen molar-refractivity contribution in [2.24, 2.45) is 17.3 Å².